The van der Waals surface area contributed by atoms with E-state index in [2.05, 4.69) is 67.6 Å². The minimum absolute atomic E-state index is 0.00432. The maximum atomic E-state index is 13.0. The summed E-state index contributed by atoms with van der Waals surface area (Å²) in [6, 6.07) is 13.6. The first-order valence-corrected chi connectivity index (χ1v) is 13.4. The Hall–Kier alpha value is -2.65. The second-order valence-corrected chi connectivity index (χ2v) is 11.5. The van der Waals surface area contributed by atoms with E-state index in [1.54, 1.807) is 0 Å². The number of carbonyl (C=O) groups is 2. The Kier molecular flexibility index (Phi) is 9.13. The standard InChI is InChI=1S/C26H33N5O2S2/c1-7-21(27-25(33)34-16-19-11-9-8-10-12-19)22(32)15-31-24(28-29-30-31)35-23-17(2)13-20(14-18(23)3)26(4,5)6/h8-14,21H,7,15-16H2,1-6H3,(H,27,33). The maximum absolute atomic E-state index is 13.0. The number of hydrogen-bond donors (Lipinski definition) is 1. The highest BCUT2D eigenvalue weighted by molar-refractivity contribution is 8.12. The molecular weight excluding hydrogens is 478 g/mol. The van der Waals surface area contributed by atoms with Crippen LogP contribution in [0.1, 0.15) is 56.4 Å². The van der Waals surface area contributed by atoms with Gasteiger partial charge in [-0.15, -0.1) is 5.10 Å². The second kappa shape index (κ2) is 11.9. The molecule has 1 amide bonds. The third-order valence-electron chi connectivity index (χ3n) is 5.63. The first-order chi connectivity index (χ1) is 16.6. The van der Waals surface area contributed by atoms with Gasteiger partial charge in [0.15, 0.2) is 5.78 Å². The summed E-state index contributed by atoms with van der Waals surface area (Å²) < 4.78 is 1.51. The summed E-state index contributed by atoms with van der Waals surface area (Å²) in [5.41, 5.74) is 4.69. The molecule has 0 aliphatic rings. The van der Waals surface area contributed by atoms with Crippen molar-refractivity contribution in [2.75, 3.05) is 0 Å². The molecule has 0 bridgehead atoms. The zero-order chi connectivity index (χ0) is 25.6. The van der Waals surface area contributed by atoms with Gasteiger partial charge in [-0.3, -0.25) is 9.59 Å². The summed E-state index contributed by atoms with van der Waals surface area (Å²) in [5.74, 6) is 0.421. The van der Waals surface area contributed by atoms with E-state index in [4.69, 9.17) is 0 Å². The van der Waals surface area contributed by atoms with Crippen LogP contribution in [0.5, 0.6) is 0 Å². The first kappa shape index (κ1) is 26.9. The van der Waals surface area contributed by atoms with Crippen molar-refractivity contribution in [3.8, 4) is 0 Å². The molecule has 0 aliphatic heterocycles. The highest BCUT2D eigenvalue weighted by Crippen LogP contribution is 2.35. The third-order valence-corrected chi connectivity index (χ3v) is 7.81. The van der Waals surface area contributed by atoms with Gasteiger partial charge in [-0.25, -0.2) is 4.68 Å². The zero-order valence-electron chi connectivity index (χ0n) is 21.2. The number of nitrogens with one attached hydrogen (secondary N) is 1. The van der Waals surface area contributed by atoms with Crippen molar-refractivity contribution >= 4 is 34.5 Å². The molecule has 0 spiro atoms. The second-order valence-electron chi connectivity index (χ2n) is 9.54. The van der Waals surface area contributed by atoms with E-state index < -0.39 is 6.04 Å². The Bertz CT molecular complexity index is 1150. The zero-order valence-corrected chi connectivity index (χ0v) is 22.8. The molecule has 1 atom stereocenters. The Morgan fingerprint density at radius 1 is 1.09 bits per heavy atom. The fourth-order valence-corrected chi connectivity index (χ4v) is 5.20. The van der Waals surface area contributed by atoms with Gasteiger partial charge < -0.3 is 5.32 Å². The number of benzene rings is 2. The van der Waals surface area contributed by atoms with Crippen LogP contribution in [0.25, 0.3) is 0 Å². The van der Waals surface area contributed by atoms with E-state index in [0.717, 1.165) is 33.3 Å². The number of aryl methyl sites for hydroxylation is 2. The monoisotopic (exact) mass is 511 g/mol. The molecule has 1 heterocycles. The number of tetrazole rings is 1. The Morgan fingerprint density at radius 2 is 1.74 bits per heavy atom. The number of rotatable bonds is 9. The normalized spacial score (nSPS) is 12.4. The number of Topliss-reactive ketones (excluding diaryl/α,β-unsaturated/α-hetero) is 1. The summed E-state index contributed by atoms with van der Waals surface area (Å²) in [6.45, 7) is 12.6. The van der Waals surface area contributed by atoms with Crippen molar-refractivity contribution < 1.29 is 9.59 Å². The van der Waals surface area contributed by atoms with Gasteiger partial charge >= 0.3 is 0 Å². The van der Waals surface area contributed by atoms with Gasteiger partial charge in [0.1, 0.15) is 6.54 Å². The number of thioether (sulfide) groups is 1. The molecule has 2 aromatic carbocycles. The van der Waals surface area contributed by atoms with Crippen molar-refractivity contribution in [3.05, 3.63) is 64.7 Å². The molecule has 186 valence electrons. The van der Waals surface area contributed by atoms with Gasteiger partial charge in [-0.2, -0.15) is 0 Å². The number of carbonyl (C=O) groups excluding carboxylic acids is 2. The Labute approximate surface area is 215 Å². The van der Waals surface area contributed by atoms with E-state index in [9.17, 15) is 9.59 Å². The summed E-state index contributed by atoms with van der Waals surface area (Å²) in [7, 11) is 0. The predicted octanol–water partition coefficient (Wildman–Crippen LogP) is 5.73. The van der Waals surface area contributed by atoms with Crippen LogP contribution >= 0.6 is 23.5 Å². The molecule has 0 aliphatic carbocycles. The van der Waals surface area contributed by atoms with E-state index >= 15 is 0 Å². The van der Waals surface area contributed by atoms with Crippen molar-refractivity contribution in [1.82, 2.24) is 25.5 Å². The van der Waals surface area contributed by atoms with E-state index in [1.165, 1.54) is 22.0 Å². The van der Waals surface area contributed by atoms with Crippen molar-refractivity contribution in [1.29, 1.82) is 0 Å². The number of hydrogen-bond acceptors (Lipinski definition) is 7. The smallest absolute Gasteiger partial charge is 0.279 e. The molecule has 1 unspecified atom stereocenters. The lowest BCUT2D eigenvalue weighted by Gasteiger charge is -2.22. The SMILES string of the molecule is CCC(NC(=O)SCc1ccccc1)C(=O)Cn1nnnc1Sc1c(C)cc(C(C)(C)C)cc1C. The average molecular weight is 512 g/mol. The fraction of sp³-hybridized carbons (Fsp3) is 0.423. The largest absolute Gasteiger partial charge is 0.337 e. The van der Waals surface area contributed by atoms with Crippen LogP contribution in [-0.4, -0.2) is 37.3 Å². The van der Waals surface area contributed by atoms with Crippen LogP contribution < -0.4 is 5.32 Å². The molecule has 7 nitrogen and oxygen atoms in total. The fourth-order valence-electron chi connectivity index (χ4n) is 3.58. The molecule has 9 heteroatoms. The van der Waals surface area contributed by atoms with Gasteiger partial charge in [0, 0.05) is 10.6 Å². The van der Waals surface area contributed by atoms with Crippen LogP contribution in [0, 0.1) is 13.8 Å². The molecule has 0 fully saturated rings. The van der Waals surface area contributed by atoms with Gasteiger partial charge in [-0.05, 0) is 70.1 Å². The van der Waals surface area contributed by atoms with Gasteiger partial charge in [0.05, 0.1) is 6.04 Å². The van der Waals surface area contributed by atoms with E-state index in [1.807, 2.05) is 37.3 Å². The van der Waals surface area contributed by atoms with Gasteiger partial charge in [0.2, 0.25) is 5.16 Å². The molecule has 1 N–H and O–H groups in total. The third kappa shape index (κ3) is 7.41. The van der Waals surface area contributed by atoms with Gasteiger partial charge in [-0.1, -0.05) is 81.9 Å². The van der Waals surface area contributed by atoms with Crippen molar-refractivity contribution in [2.24, 2.45) is 0 Å². The van der Waals surface area contributed by atoms with Crippen LogP contribution in [0.3, 0.4) is 0 Å². The molecule has 0 saturated carbocycles. The molecule has 3 rings (SSSR count). The van der Waals surface area contributed by atoms with Crippen molar-refractivity contribution in [2.45, 2.75) is 81.8 Å². The summed E-state index contributed by atoms with van der Waals surface area (Å²) in [5, 5.41) is 15.2. The van der Waals surface area contributed by atoms with Crippen molar-refractivity contribution in [3.63, 3.8) is 0 Å². The van der Waals surface area contributed by atoms with Crippen LogP contribution in [0.15, 0.2) is 52.5 Å². The molecule has 1 aromatic heterocycles. The van der Waals surface area contributed by atoms with Gasteiger partial charge in [0.25, 0.3) is 5.24 Å². The van der Waals surface area contributed by atoms with Crippen LogP contribution in [-0.2, 0) is 22.5 Å². The highest BCUT2D eigenvalue weighted by Gasteiger charge is 2.23. The number of aromatic nitrogens is 4. The lowest BCUT2D eigenvalue weighted by atomic mass is 9.85. The minimum Gasteiger partial charge on any atom is -0.337 e. The molecule has 0 radical (unpaired) electrons. The van der Waals surface area contributed by atoms with Crippen LogP contribution in [0.4, 0.5) is 4.79 Å². The minimum atomic E-state index is -0.595. The molecule has 35 heavy (non-hydrogen) atoms. The Balaban J connectivity index is 1.65. The average Bonchev–Trinajstić information content (AvgIpc) is 3.24. The quantitative estimate of drug-likeness (QED) is 0.392. The lowest BCUT2D eigenvalue weighted by molar-refractivity contribution is -0.121. The summed E-state index contributed by atoms with van der Waals surface area (Å²) in [4.78, 5) is 26.5. The predicted molar refractivity (Wildman–Crippen MR) is 142 cm³/mol. The molecular formula is C26H33N5O2S2. The maximum Gasteiger partial charge on any atom is 0.279 e. The topological polar surface area (TPSA) is 89.8 Å². The first-order valence-electron chi connectivity index (χ1n) is 11.6. The number of nitrogens with zero attached hydrogens (tertiary/aromatic N) is 4. The molecule has 3 aromatic rings. The number of amides is 1. The molecule has 0 saturated heterocycles. The Morgan fingerprint density at radius 3 is 2.34 bits per heavy atom. The summed E-state index contributed by atoms with van der Waals surface area (Å²) in [6.07, 6.45) is 0.494. The highest BCUT2D eigenvalue weighted by atomic mass is 32.2. The summed E-state index contributed by atoms with van der Waals surface area (Å²) >= 11 is 2.61. The van der Waals surface area contributed by atoms with E-state index in [-0.39, 0.29) is 23.0 Å². The lowest BCUT2D eigenvalue weighted by Crippen LogP contribution is -2.40. The van der Waals surface area contributed by atoms with Crippen LogP contribution in [0.2, 0.25) is 0 Å². The number of ketones is 1. The van der Waals surface area contributed by atoms with E-state index in [0.29, 0.717) is 17.3 Å².